The minimum Gasteiger partial charge on any atom is -0.367 e. The Kier molecular flexibility index (Phi) is 6.81. The van der Waals surface area contributed by atoms with E-state index in [1.54, 1.807) is 11.0 Å². The summed E-state index contributed by atoms with van der Waals surface area (Å²) in [5.74, 6) is -2.28. The van der Waals surface area contributed by atoms with Gasteiger partial charge in [-0.05, 0) is 43.4 Å². The molecule has 1 saturated heterocycles. The molecule has 2 amide bonds. The Morgan fingerprint density at radius 1 is 1.10 bits per heavy atom. The van der Waals surface area contributed by atoms with Crippen molar-refractivity contribution in [3.8, 4) is 6.07 Å². The highest BCUT2D eigenvalue weighted by molar-refractivity contribution is 5.92. The van der Waals surface area contributed by atoms with Crippen LogP contribution in [-0.2, 0) is 9.59 Å². The van der Waals surface area contributed by atoms with Gasteiger partial charge in [0.1, 0.15) is 17.4 Å². The maximum Gasteiger partial charge on any atom is 0.282 e. The summed E-state index contributed by atoms with van der Waals surface area (Å²) >= 11 is 0. The molecule has 2 fully saturated rings. The molecule has 1 aliphatic heterocycles. The van der Waals surface area contributed by atoms with Gasteiger partial charge in [0.2, 0.25) is 5.91 Å². The number of nitrogens with one attached hydrogen (secondary N) is 1. The molecule has 1 aromatic rings. The summed E-state index contributed by atoms with van der Waals surface area (Å²) in [6, 6.07) is 6.22. The average molecular weight is 402 g/mol. The fourth-order valence-electron chi connectivity index (χ4n) is 3.76. The summed E-state index contributed by atoms with van der Waals surface area (Å²) < 4.78 is 28.7. The first-order valence-corrected chi connectivity index (χ1v) is 9.88. The summed E-state index contributed by atoms with van der Waals surface area (Å²) in [4.78, 5) is 27.8. The van der Waals surface area contributed by atoms with Crippen LogP contribution in [0.25, 0.3) is 0 Å². The first kappa shape index (κ1) is 20.8. The SMILES string of the molecule is N#Cc1c(F)cccc1N1CCNC(=O)CCN(C(=O)C(F)=C2CCCC2)CC1. The molecule has 0 aromatic heterocycles. The van der Waals surface area contributed by atoms with E-state index >= 15 is 0 Å². The van der Waals surface area contributed by atoms with Gasteiger partial charge in [-0.25, -0.2) is 8.78 Å². The molecule has 0 unspecified atom stereocenters. The fraction of sp³-hybridized carbons (Fsp3) is 0.476. The van der Waals surface area contributed by atoms with Crippen molar-refractivity contribution in [3.05, 3.63) is 41.0 Å². The van der Waals surface area contributed by atoms with Gasteiger partial charge in [-0.2, -0.15) is 5.26 Å². The molecule has 2 aliphatic rings. The normalized spacial score (nSPS) is 18.2. The summed E-state index contributed by atoms with van der Waals surface area (Å²) in [5, 5.41) is 12.1. The smallest absolute Gasteiger partial charge is 0.282 e. The number of nitriles is 1. The monoisotopic (exact) mass is 402 g/mol. The molecule has 154 valence electrons. The summed E-state index contributed by atoms with van der Waals surface area (Å²) in [7, 11) is 0. The van der Waals surface area contributed by atoms with Crippen molar-refractivity contribution in [2.45, 2.75) is 32.1 Å². The molecular weight excluding hydrogens is 378 g/mol. The van der Waals surface area contributed by atoms with Crippen LogP contribution in [0.1, 0.15) is 37.7 Å². The Bertz CT molecular complexity index is 855. The molecule has 1 saturated carbocycles. The quantitative estimate of drug-likeness (QED) is 0.772. The summed E-state index contributed by atoms with van der Waals surface area (Å²) in [6.07, 6.45) is 3.03. The van der Waals surface area contributed by atoms with Crippen molar-refractivity contribution in [1.29, 1.82) is 5.26 Å². The lowest BCUT2D eigenvalue weighted by atomic mass is 10.1. The van der Waals surface area contributed by atoms with Crippen LogP contribution in [0.5, 0.6) is 0 Å². The third kappa shape index (κ3) is 4.91. The van der Waals surface area contributed by atoms with Crippen molar-refractivity contribution in [2.75, 3.05) is 37.6 Å². The van der Waals surface area contributed by atoms with Gasteiger partial charge in [0.25, 0.3) is 5.91 Å². The van der Waals surface area contributed by atoms with Gasteiger partial charge in [0, 0.05) is 39.1 Å². The predicted octanol–water partition coefficient (Wildman–Crippen LogP) is 2.65. The number of allylic oxidation sites excluding steroid dienone is 1. The molecule has 0 spiro atoms. The van der Waals surface area contributed by atoms with E-state index in [9.17, 15) is 23.6 Å². The second-order valence-electron chi connectivity index (χ2n) is 7.25. The van der Waals surface area contributed by atoms with Gasteiger partial charge >= 0.3 is 0 Å². The molecule has 0 atom stereocenters. The molecule has 0 bridgehead atoms. The van der Waals surface area contributed by atoms with Gasteiger partial charge < -0.3 is 15.1 Å². The third-order valence-corrected chi connectivity index (χ3v) is 5.39. The zero-order valence-corrected chi connectivity index (χ0v) is 16.2. The van der Waals surface area contributed by atoms with E-state index in [0.717, 1.165) is 12.8 Å². The van der Waals surface area contributed by atoms with Crippen LogP contribution in [0.2, 0.25) is 0 Å². The van der Waals surface area contributed by atoms with Gasteiger partial charge in [0.05, 0.1) is 5.69 Å². The number of rotatable bonds is 2. The molecular formula is C21H24F2N4O2. The second kappa shape index (κ2) is 9.50. The molecule has 3 rings (SSSR count). The maximum atomic E-state index is 14.7. The molecule has 0 radical (unpaired) electrons. The lowest BCUT2D eigenvalue weighted by Gasteiger charge is -2.31. The Labute approximate surface area is 168 Å². The van der Waals surface area contributed by atoms with E-state index in [1.807, 2.05) is 6.07 Å². The first-order valence-electron chi connectivity index (χ1n) is 9.88. The number of anilines is 1. The first-order chi connectivity index (χ1) is 14.0. The highest BCUT2D eigenvalue weighted by Crippen LogP contribution is 2.28. The van der Waals surface area contributed by atoms with Crippen LogP contribution in [0.15, 0.2) is 29.6 Å². The molecule has 6 nitrogen and oxygen atoms in total. The number of hydrogen-bond acceptors (Lipinski definition) is 4. The zero-order valence-electron chi connectivity index (χ0n) is 16.2. The molecule has 1 aromatic carbocycles. The number of halogens is 2. The minimum absolute atomic E-state index is 0.0898. The Morgan fingerprint density at radius 2 is 1.86 bits per heavy atom. The highest BCUT2D eigenvalue weighted by Gasteiger charge is 2.26. The van der Waals surface area contributed by atoms with Crippen molar-refractivity contribution >= 4 is 17.5 Å². The van der Waals surface area contributed by atoms with E-state index in [2.05, 4.69) is 5.32 Å². The Balaban J connectivity index is 1.83. The van der Waals surface area contributed by atoms with E-state index in [4.69, 9.17) is 0 Å². The second-order valence-corrected chi connectivity index (χ2v) is 7.25. The van der Waals surface area contributed by atoms with E-state index < -0.39 is 17.6 Å². The minimum atomic E-state index is -0.713. The van der Waals surface area contributed by atoms with Gasteiger partial charge in [-0.3, -0.25) is 9.59 Å². The molecule has 1 aliphatic carbocycles. The highest BCUT2D eigenvalue weighted by atomic mass is 19.1. The van der Waals surface area contributed by atoms with Gasteiger partial charge in [-0.15, -0.1) is 0 Å². The number of carbonyl (C=O) groups excluding carboxylic acids is 2. The lowest BCUT2D eigenvalue weighted by molar-refractivity contribution is -0.129. The standard InChI is InChI=1S/C21H24F2N4O2/c22-17-6-3-7-18(16(17)14-24)26-11-9-25-19(28)8-10-27(13-12-26)21(29)20(23)15-4-1-2-5-15/h3,6-7H,1-2,4-5,8-13H2,(H,25,28). The average Bonchev–Trinajstić information content (AvgIpc) is 3.26. The number of amides is 2. The lowest BCUT2D eigenvalue weighted by Crippen LogP contribution is -2.45. The van der Waals surface area contributed by atoms with Crippen LogP contribution in [-0.4, -0.2) is 49.4 Å². The molecule has 8 heteroatoms. The number of hydrogen-bond donors (Lipinski definition) is 1. The van der Waals surface area contributed by atoms with Crippen LogP contribution in [0.3, 0.4) is 0 Å². The Hall–Kier alpha value is -2.95. The van der Waals surface area contributed by atoms with E-state index in [0.29, 0.717) is 43.7 Å². The van der Waals surface area contributed by atoms with Crippen LogP contribution in [0, 0.1) is 17.1 Å². The molecule has 1 N–H and O–H groups in total. The van der Waals surface area contributed by atoms with Crippen LogP contribution < -0.4 is 10.2 Å². The largest absolute Gasteiger partial charge is 0.367 e. The van der Waals surface area contributed by atoms with Crippen molar-refractivity contribution < 1.29 is 18.4 Å². The Morgan fingerprint density at radius 3 is 2.59 bits per heavy atom. The van der Waals surface area contributed by atoms with Crippen molar-refractivity contribution in [1.82, 2.24) is 10.2 Å². The predicted molar refractivity (Wildman–Crippen MR) is 104 cm³/mol. The third-order valence-electron chi connectivity index (χ3n) is 5.39. The topological polar surface area (TPSA) is 76.4 Å². The molecule has 1 heterocycles. The van der Waals surface area contributed by atoms with E-state index in [-0.39, 0.29) is 31.0 Å². The van der Waals surface area contributed by atoms with E-state index in [1.165, 1.54) is 17.0 Å². The van der Waals surface area contributed by atoms with Gasteiger partial charge in [-0.1, -0.05) is 6.07 Å². The number of carbonyl (C=O) groups is 2. The van der Waals surface area contributed by atoms with Crippen LogP contribution >= 0.6 is 0 Å². The van der Waals surface area contributed by atoms with Crippen LogP contribution in [0.4, 0.5) is 14.5 Å². The maximum absolute atomic E-state index is 14.7. The van der Waals surface area contributed by atoms with Crippen molar-refractivity contribution in [3.63, 3.8) is 0 Å². The number of nitrogens with zero attached hydrogens (tertiary/aromatic N) is 3. The summed E-state index contributed by atoms with van der Waals surface area (Å²) in [5.41, 5.74) is 0.850. The number of benzene rings is 1. The summed E-state index contributed by atoms with van der Waals surface area (Å²) in [6.45, 7) is 1.24. The fourth-order valence-corrected chi connectivity index (χ4v) is 3.76. The van der Waals surface area contributed by atoms with Gasteiger partial charge in [0.15, 0.2) is 5.83 Å². The molecule has 29 heavy (non-hydrogen) atoms. The van der Waals surface area contributed by atoms with Crippen molar-refractivity contribution in [2.24, 2.45) is 0 Å². The zero-order chi connectivity index (χ0) is 20.8.